The van der Waals surface area contributed by atoms with E-state index in [2.05, 4.69) is 24.2 Å². The Balaban J connectivity index is 1.75. The highest BCUT2D eigenvalue weighted by atomic mass is 16.6. The quantitative estimate of drug-likeness (QED) is 0.866. The van der Waals surface area contributed by atoms with Crippen LogP contribution in [0.1, 0.15) is 53.4 Å². The van der Waals surface area contributed by atoms with Gasteiger partial charge in [-0.25, -0.2) is 4.79 Å². The highest BCUT2D eigenvalue weighted by Gasteiger charge is 2.28. The van der Waals surface area contributed by atoms with Gasteiger partial charge in [-0.3, -0.25) is 0 Å². The van der Waals surface area contributed by atoms with E-state index in [1.54, 1.807) is 0 Å². The zero-order valence-corrected chi connectivity index (χ0v) is 15.6. The van der Waals surface area contributed by atoms with Gasteiger partial charge in [0, 0.05) is 25.2 Å². The van der Waals surface area contributed by atoms with Crippen LogP contribution in [0.15, 0.2) is 0 Å². The number of amides is 1. The summed E-state index contributed by atoms with van der Waals surface area (Å²) in [6.07, 6.45) is 4.57. The fourth-order valence-corrected chi connectivity index (χ4v) is 3.53. The van der Waals surface area contributed by atoms with Crippen LogP contribution in [0.2, 0.25) is 0 Å². The van der Waals surface area contributed by atoms with Crippen LogP contribution in [0.5, 0.6) is 0 Å². The Morgan fingerprint density at radius 1 is 1.26 bits per heavy atom. The fourth-order valence-electron chi connectivity index (χ4n) is 3.53. The molecule has 0 radical (unpaired) electrons. The van der Waals surface area contributed by atoms with E-state index in [1.807, 2.05) is 25.7 Å². The number of piperidine rings is 2. The highest BCUT2D eigenvalue weighted by Crippen LogP contribution is 2.20. The van der Waals surface area contributed by atoms with Crippen molar-refractivity contribution in [3.05, 3.63) is 0 Å². The van der Waals surface area contributed by atoms with Crippen molar-refractivity contribution < 1.29 is 9.53 Å². The van der Waals surface area contributed by atoms with Crippen LogP contribution in [-0.4, -0.2) is 66.8 Å². The molecule has 0 aromatic rings. The van der Waals surface area contributed by atoms with Crippen LogP contribution in [0.25, 0.3) is 0 Å². The van der Waals surface area contributed by atoms with E-state index in [9.17, 15) is 4.79 Å². The van der Waals surface area contributed by atoms with Crippen molar-refractivity contribution in [3.63, 3.8) is 0 Å². The number of nitrogens with zero attached hydrogens (tertiary/aromatic N) is 2. The first-order chi connectivity index (χ1) is 10.7. The topological polar surface area (TPSA) is 44.8 Å². The minimum atomic E-state index is -0.410. The molecule has 5 heteroatoms. The van der Waals surface area contributed by atoms with Crippen LogP contribution < -0.4 is 5.32 Å². The second kappa shape index (κ2) is 7.84. The van der Waals surface area contributed by atoms with Gasteiger partial charge in [0.1, 0.15) is 5.60 Å². The predicted molar refractivity (Wildman–Crippen MR) is 93.6 cm³/mol. The van der Waals surface area contributed by atoms with E-state index in [4.69, 9.17) is 4.74 Å². The normalized spacial score (nSPS) is 30.3. The number of carbonyl (C=O) groups is 1. The summed E-state index contributed by atoms with van der Waals surface area (Å²) in [7, 11) is 2.21. The molecule has 3 atom stereocenters. The smallest absolute Gasteiger partial charge is 0.410 e. The molecule has 1 amide bonds. The zero-order chi connectivity index (χ0) is 17.0. The third-order valence-electron chi connectivity index (χ3n) is 5.07. The lowest BCUT2D eigenvalue weighted by molar-refractivity contribution is 0.0164. The molecule has 5 nitrogen and oxygen atoms in total. The Morgan fingerprint density at radius 2 is 2.00 bits per heavy atom. The summed E-state index contributed by atoms with van der Waals surface area (Å²) in [5.41, 5.74) is -0.410. The van der Waals surface area contributed by atoms with Gasteiger partial charge in [-0.05, 0) is 79.4 Å². The Kier molecular flexibility index (Phi) is 6.32. The fraction of sp³-hybridized carbons (Fsp3) is 0.944. The highest BCUT2D eigenvalue weighted by molar-refractivity contribution is 5.68. The van der Waals surface area contributed by atoms with Gasteiger partial charge in [0.15, 0.2) is 0 Å². The van der Waals surface area contributed by atoms with Gasteiger partial charge in [0.2, 0.25) is 0 Å². The van der Waals surface area contributed by atoms with Crippen LogP contribution in [0.4, 0.5) is 4.79 Å². The third-order valence-corrected chi connectivity index (χ3v) is 5.07. The molecule has 0 bridgehead atoms. The molecule has 0 aromatic heterocycles. The van der Waals surface area contributed by atoms with Crippen molar-refractivity contribution in [1.82, 2.24) is 15.1 Å². The molecule has 3 unspecified atom stereocenters. The van der Waals surface area contributed by atoms with E-state index in [0.717, 1.165) is 26.1 Å². The molecule has 2 heterocycles. The predicted octanol–water partition coefficient (Wildman–Crippen LogP) is 2.71. The van der Waals surface area contributed by atoms with E-state index >= 15 is 0 Å². The molecule has 23 heavy (non-hydrogen) atoms. The molecule has 134 valence electrons. The van der Waals surface area contributed by atoms with E-state index in [1.165, 1.54) is 25.8 Å². The largest absolute Gasteiger partial charge is 0.444 e. The first-order valence-electron chi connectivity index (χ1n) is 9.16. The Labute approximate surface area is 141 Å². The number of hydrogen-bond acceptors (Lipinski definition) is 4. The van der Waals surface area contributed by atoms with Gasteiger partial charge in [0.05, 0.1) is 0 Å². The summed E-state index contributed by atoms with van der Waals surface area (Å²) in [6.45, 7) is 11.9. The molecule has 0 spiro atoms. The van der Waals surface area contributed by atoms with Crippen molar-refractivity contribution in [3.8, 4) is 0 Å². The third kappa shape index (κ3) is 5.96. The van der Waals surface area contributed by atoms with Gasteiger partial charge in [-0.1, -0.05) is 0 Å². The lowest BCUT2D eigenvalue weighted by atomic mass is 9.95. The summed E-state index contributed by atoms with van der Waals surface area (Å²) in [6, 6.07) is 1.28. The van der Waals surface area contributed by atoms with Crippen LogP contribution in [0.3, 0.4) is 0 Å². The number of nitrogens with one attached hydrogen (secondary N) is 1. The zero-order valence-electron chi connectivity index (χ0n) is 15.6. The van der Waals surface area contributed by atoms with Crippen molar-refractivity contribution in [1.29, 1.82) is 0 Å². The molecular weight excluding hydrogens is 290 g/mol. The second-order valence-corrected chi connectivity index (χ2v) is 8.39. The SMILES string of the molecule is CC1CC(NCC2CCCN(C(=O)OC(C)(C)C)C2)CCN1C. The number of likely N-dealkylation sites (tertiary alicyclic amines) is 2. The Bertz CT molecular complexity index is 394. The first kappa shape index (κ1) is 18.5. The molecular formula is C18H35N3O2. The molecule has 2 saturated heterocycles. The molecule has 2 fully saturated rings. The van der Waals surface area contributed by atoms with Crippen molar-refractivity contribution in [2.45, 2.75) is 71.1 Å². The average Bonchev–Trinajstić information content (AvgIpc) is 2.47. The number of ether oxygens (including phenoxy) is 1. The molecule has 0 aromatic carbocycles. The minimum Gasteiger partial charge on any atom is -0.444 e. The van der Waals surface area contributed by atoms with Crippen LogP contribution >= 0.6 is 0 Å². The summed E-state index contributed by atoms with van der Waals surface area (Å²) in [4.78, 5) is 16.5. The molecule has 1 N–H and O–H groups in total. The van der Waals surface area contributed by atoms with Crippen LogP contribution in [-0.2, 0) is 4.74 Å². The van der Waals surface area contributed by atoms with Crippen molar-refractivity contribution in [2.24, 2.45) is 5.92 Å². The lowest BCUT2D eigenvalue weighted by Crippen LogP contribution is -2.49. The maximum atomic E-state index is 12.2. The molecule has 2 aliphatic rings. The van der Waals surface area contributed by atoms with Gasteiger partial charge < -0.3 is 19.9 Å². The van der Waals surface area contributed by atoms with Gasteiger partial charge >= 0.3 is 6.09 Å². The second-order valence-electron chi connectivity index (χ2n) is 8.39. The number of rotatable bonds is 3. The maximum Gasteiger partial charge on any atom is 0.410 e. The van der Waals surface area contributed by atoms with Gasteiger partial charge in [-0.15, -0.1) is 0 Å². The van der Waals surface area contributed by atoms with E-state index in [-0.39, 0.29) is 6.09 Å². The molecule has 0 saturated carbocycles. The van der Waals surface area contributed by atoms with Gasteiger partial charge in [0.25, 0.3) is 0 Å². The number of hydrogen-bond donors (Lipinski definition) is 1. The summed E-state index contributed by atoms with van der Waals surface area (Å²) >= 11 is 0. The van der Waals surface area contributed by atoms with Crippen molar-refractivity contribution in [2.75, 3.05) is 33.2 Å². The van der Waals surface area contributed by atoms with E-state index < -0.39 is 5.60 Å². The average molecular weight is 325 g/mol. The summed E-state index contributed by atoms with van der Waals surface area (Å²) < 4.78 is 5.51. The monoisotopic (exact) mass is 325 g/mol. The van der Waals surface area contributed by atoms with E-state index in [0.29, 0.717) is 18.0 Å². The Hall–Kier alpha value is -0.810. The first-order valence-corrected chi connectivity index (χ1v) is 9.16. The molecule has 0 aliphatic carbocycles. The molecule has 2 aliphatic heterocycles. The standard InChI is InChI=1S/C18H35N3O2/c1-14-11-16(8-10-20(14)5)19-12-15-7-6-9-21(13-15)17(22)23-18(2,3)4/h14-16,19H,6-13H2,1-5H3. The lowest BCUT2D eigenvalue weighted by Gasteiger charge is -2.38. The number of carbonyl (C=O) groups excluding carboxylic acids is 1. The minimum absolute atomic E-state index is 0.157. The maximum absolute atomic E-state index is 12.2. The summed E-state index contributed by atoms with van der Waals surface area (Å²) in [5, 5.41) is 3.74. The van der Waals surface area contributed by atoms with Crippen molar-refractivity contribution >= 4 is 6.09 Å². The molecule has 2 rings (SSSR count). The van der Waals surface area contributed by atoms with Crippen LogP contribution in [0, 0.1) is 5.92 Å². The Morgan fingerprint density at radius 3 is 2.65 bits per heavy atom. The van der Waals surface area contributed by atoms with Gasteiger partial charge in [-0.2, -0.15) is 0 Å². The summed E-state index contributed by atoms with van der Waals surface area (Å²) in [5.74, 6) is 0.547.